The van der Waals surface area contributed by atoms with Crippen molar-refractivity contribution in [1.82, 2.24) is 25.4 Å². The molecule has 6 heteroatoms. The monoisotopic (exact) mass is 219 g/mol. The van der Waals surface area contributed by atoms with E-state index in [1.165, 1.54) is 0 Å². The van der Waals surface area contributed by atoms with Gasteiger partial charge in [0.25, 0.3) is 0 Å². The lowest BCUT2D eigenvalue weighted by Gasteiger charge is -2.06. The molecular weight excluding hydrogens is 206 g/mol. The van der Waals surface area contributed by atoms with Crippen LogP contribution in [0, 0.1) is 0 Å². The predicted molar refractivity (Wildman–Crippen MR) is 57.4 cm³/mol. The first kappa shape index (κ1) is 10.7. The molecule has 0 aliphatic carbocycles. The molecule has 1 atom stereocenters. The Bertz CT molecular complexity index is 437. The van der Waals surface area contributed by atoms with Crippen molar-refractivity contribution in [3.05, 3.63) is 24.5 Å². The van der Waals surface area contributed by atoms with Crippen LogP contribution in [0.25, 0.3) is 11.5 Å². The van der Waals surface area contributed by atoms with Gasteiger partial charge in [0.2, 0.25) is 11.7 Å². The number of hydrogen-bond donors (Lipinski definition) is 1. The Morgan fingerprint density at radius 3 is 2.94 bits per heavy atom. The highest BCUT2D eigenvalue weighted by atomic mass is 16.5. The molecule has 0 saturated heterocycles. The van der Waals surface area contributed by atoms with Crippen LogP contribution in [0.1, 0.15) is 25.3 Å². The second-order valence-electron chi connectivity index (χ2n) is 3.30. The van der Waals surface area contributed by atoms with E-state index in [-0.39, 0.29) is 6.04 Å². The molecule has 16 heavy (non-hydrogen) atoms. The molecule has 84 valence electrons. The third-order valence-corrected chi connectivity index (χ3v) is 2.29. The fraction of sp³-hybridized carbons (Fsp3) is 0.400. The highest BCUT2D eigenvalue weighted by Gasteiger charge is 2.16. The van der Waals surface area contributed by atoms with Gasteiger partial charge < -0.3 is 9.84 Å². The quantitative estimate of drug-likeness (QED) is 0.832. The largest absolute Gasteiger partial charge is 0.337 e. The molecule has 1 unspecified atom stereocenters. The molecule has 2 aromatic rings. The maximum absolute atomic E-state index is 5.17. The zero-order chi connectivity index (χ0) is 11.4. The van der Waals surface area contributed by atoms with Gasteiger partial charge in [0.15, 0.2) is 0 Å². The molecule has 1 N–H and O–H groups in total. The van der Waals surface area contributed by atoms with Crippen LogP contribution in [0.15, 0.2) is 23.1 Å². The summed E-state index contributed by atoms with van der Waals surface area (Å²) in [7, 11) is 1.86. The van der Waals surface area contributed by atoms with Gasteiger partial charge in [-0.05, 0) is 13.5 Å². The van der Waals surface area contributed by atoms with Gasteiger partial charge in [-0.15, -0.1) is 0 Å². The normalized spacial score (nSPS) is 12.6. The van der Waals surface area contributed by atoms with Crippen LogP contribution in [0.4, 0.5) is 0 Å². The Labute approximate surface area is 93.1 Å². The standard InChI is InChI=1S/C10H13N5O/c1-3-7(11-2)10-14-9(15-16-10)8-6-12-4-5-13-8/h4-7,11H,3H2,1-2H3. The molecule has 2 heterocycles. The van der Waals surface area contributed by atoms with Gasteiger partial charge in [0.05, 0.1) is 12.2 Å². The average Bonchev–Trinajstić information content (AvgIpc) is 2.81. The summed E-state index contributed by atoms with van der Waals surface area (Å²) < 4.78 is 5.17. The predicted octanol–water partition coefficient (Wildman–Crippen LogP) is 1.20. The molecule has 0 aliphatic rings. The first-order valence-electron chi connectivity index (χ1n) is 5.12. The molecule has 0 bridgehead atoms. The van der Waals surface area contributed by atoms with Crippen LogP contribution in [0.3, 0.4) is 0 Å². The zero-order valence-electron chi connectivity index (χ0n) is 9.21. The second-order valence-corrected chi connectivity index (χ2v) is 3.30. The van der Waals surface area contributed by atoms with E-state index in [4.69, 9.17) is 4.52 Å². The van der Waals surface area contributed by atoms with Crippen molar-refractivity contribution in [2.45, 2.75) is 19.4 Å². The van der Waals surface area contributed by atoms with E-state index in [2.05, 4.69) is 25.4 Å². The maximum Gasteiger partial charge on any atom is 0.244 e. The molecule has 0 amide bonds. The highest BCUT2D eigenvalue weighted by Crippen LogP contribution is 2.17. The van der Waals surface area contributed by atoms with Gasteiger partial charge in [-0.25, -0.2) is 4.98 Å². The summed E-state index contributed by atoms with van der Waals surface area (Å²) >= 11 is 0. The fourth-order valence-electron chi connectivity index (χ4n) is 1.40. The molecule has 0 radical (unpaired) electrons. The van der Waals surface area contributed by atoms with Gasteiger partial charge in [0.1, 0.15) is 5.69 Å². The Balaban J connectivity index is 2.26. The summed E-state index contributed by atoms with van der Waals surface area (Å²) in [5, 5.41) is 6.98. The molecule has 0 fully saturated rings. The number of nitrogens with one attached hydrogen (secondary N) is 1. The SMILES string of the molecule is CCC(NC)c1nc(-c2cnccn2)no1. The van der Waals surface area contributed by atoms with E-state index in [1.54, 1.807) is 18.6 Å². The minimum absolute atomic E-state index is 0.0814. The van der Waals surface area contributed by atoms with Gasteiger partial charge in [-0.2, -0.15) is 4.98 Å². The van der Waals surface area contributed by atoms with Crippen molar-refractivity contribution in [3.8, 4) is 11.5 Å². The lowest BCUT2D eigenvalue weighted by molar-refractivity contribution is 0.334. The van der Waals surface area contributed by atoms with Gasteiger partial charge in [0, 0.05) is 12.4 Å². The van der Waals surface area contributed by atoms with Crippen molar-refractivity contribution in [3.63, 3.8) is 0 Å². The zero-order valence-corrected chi connectivity index (χ0v) is 9.21. The number of hydrogen-bond acceptors (Lipinski definition) is 6. The fourth-order valence-corrected chi connectivity index (χ4v) is 1.40. The van der Waals surface area contributed by atoms with Crippen LogP contribution in [-0.4, -0.2) is 27.2 Å². The highest BCUT2D eigenvalue weighted by molar-refractivity contribution is 5.45. The Morgan fingerprint density at radius 2 is 2.31 bits per heavy atom. The molecule has 0 aliphatic heterocycles. The van der Waals surface area contributed by atoms with E-state index in [9.17, 15) is 0 Å². The van der Waals surface area contributed by atoms with Crippen LogP contribution < -0.4 is 5.32 Å². The number of rotatable bonds is 4. The Hall–Kier alpha value is -1.82. The third kappa shape index (κ3) is 2.06. The molecular formula is C10H13N5O. The molecule has 0 spiro atoms. The smallest absolute Gasteiger partial charge is 0.244 e. The summed E-state index contributed by atoms with van der Waals surface area (Å²) in [6.45, 7) is 2.05. The van der Waals surface area contributed by atoms with Crippen molar-refractivity contribution >= 4 is 0 Å². The minimum Gasteiger partial charge on any atom is -0.337 e. The molecule has 6 nitrogen and oxygen atoms in total. The van der Waals surface area contributed by atoms with E-state index >= 15 is 0 Å². The molecule has 2 rings (SSSR count). The van der Waals surface area contributed by atoms with Gasteiger partial charge in [-0.3, -0.25) is 4.98 Å². The summed E-state index contributed by atoms with van der Waals surface area (Å²) in [6, 6.07) is 0.0814. The van der Waals surface area contributed by atoms with Crippen molar-refractivity contribution in [2.24, 2.45) is 0 Å². The first-order valence-corrected chi connectivity index (χ1v) is 5.12. The topological polar surface area (TPSA) is 76.7 Å². The first-order chi connectivity index (χ1) is 7.85. The van der Waals surface area contributed by atoms with E-state index in [0.29, 0.717) is 17.4 Å². The van der Waals surface area contributed by atoms with Gasteiger partial charge >= 0.3 is 0 Å². The number of nitrogens with zero attached hydrogens (tertiary/aromatic N) is 4. The van der Waals surface area contributed by atoms with Crippen molar-refractivity contribution < 1.29 is 4.52 Å². The van der Waals surface area contributed by atoms with E-state index in [0.717, 1.165) is 6.42 Å². The summed E-state index contributed by atoms with van der Waals surface area (Å²) in [6.07, 6.45) is 5.70. The number of aromatic nitrogens is 4. The van der Waals surface area contributed by atoms with Crippen molar-refractivity contribution in [2.75, 3.05) is 7.05 Å². The minimum atomic E-state index is 0.0814. The summed E-state index contributed by atoms with van der Waals surface area (Å²) in [4.78, 5) is 12.3. The molecule has 0 aromatic carbocycles. The van der Waals surface area contributed by atoms with Crippen LogP contribution in [0.2, 0.25) is 0 Å². The molecule has 0 saturated carbocycles. The van der Waals surface area contributed by atoms with E-state index in [1.807, 2.05) is 14.0 Å². The Kier molecular flexibility index (Phi) is 3.21. The lowest BCUT2D eigenvalue weighted by atomic mass is 10.2. The van der Waals surface area contributed by atoms with Gasteiger partial charge in [-0.1, -0.05) is 12.1 Å². The third-order valence-electron chi connectivity index (χ3n) is 2.29. The maximum atomic E-state index is 5.17. The van der Waals surface area contributed by atoms with Crippen LogP contribution in [0.5, 0.6) is 0 Å². The second kappa shape index (κ2) is 4.80. The van der Waals surface area contributed by atoms with Crippen molar-refractivity contribution in [1.29, 1.82) is 0 Å². The van der Waals surface area contributed by atoms with E-state index < -0.39 is 0 Å². The van der Waals surface area contributed by atoms with Crippen LogP contribution >= 0.6 is 0 Å². The lowest BCUT2D eigenvalue weighted by Crippen LogP contribution is -2.15. The summed E-state index contributed by atoms with van der Waals surface area (Å²) in [5.41, 5.74) is 0.614. The van der Waals surface area contributed by atoms with Crippen LogP contribution in [-0.2, 0) is 0 Å². The molecule has 2 aromatic heterocycles. The summed E-state index contributed by atoms with van der Waals surface area (Å²) in [5.74, 6) is 1.04. The Morgan fingerprint density at radius 1 is 1.44 bits per heavy atom. The average molecular weight is 219 g/mol.